The predicted molar refractivity (Wildman–Crippen MR) is 89.6 cm³/mol. The van der Waals surface area contributed by atoms with Gasteiger partial charge in [0.1, 0.15) is 5.75 Å². The van der Waals surface area contributed by atoms with Gasteiger partial charge in [-0.2, -0.15) is 0 Å². The Morgan fingerprint density at radius 3 is 2.62 bits per heavy atom. The van der Waals surface area contributed by atoms with Crippen LogP contribution < -0.4 is 10.5 Å². The Bertz CT molecular complexity index is 644. The molecule has 3 atom stereocenters. The molecule has 0 saturated carbocycles. The number of carbonyl (C=O) groups excluding carboxylic acids is 3. The van der Waals surface area contributed by atoms with Gasteiger partial charge < -0.3 is 15.4 Å². The highest BCUT2D eigenvalue weighted by atomic mass is 16.5. The van der Waals surface area contributed by atoms with Crippen LogP contribution in [0.1, 0.15) is 44.0 Å². The Balaban J connectivity index is 2.07. The van der Waals surface area contributed by atoms with E-state index in [2.05, 4.69) is 0 Å². The van der Waals surface area contributed by atoms with Crippen molar-refractivity contribution in [3.63, 3.8) is 0 Å². The molecule has 0 spiro atoms. The summed E-state index contributed by atoms with van der Waals surface area (Å²) >= 11 is 0. The van der Waals surface area contributed by atoms with E-state index in [1.165, 1.54) is 6.92 Å². The maximum atomic E-state index is 12.7. The van der Waals surface area contributed by atoms with Crippen LogP contribution in [0.15, 0.2) is 24.3 Å². The number of ether oxygens (including phenoxy) is 1. The number of carbonyl (C=O) groups is 3. The first-order chi connectivity index (χ1) is 11.3. The van der Waals surface area contributed by atoms with Crippen molar-refractivity contribution < 1.29 is 19.1 Å². The number of hydrogen-bond donors (Lipinski definition) is 1. The number of ketones is 1. The summed E-state index contributed by atoms with van der Waals surface area (Å²) in [5.74, 6) is -0.449. The Morgan fingerprint density at radius 1 is 1.29 bits per heavy atom. The third-order valence-electron chi connectivity index (χ3n) is 4.47. The molecule has 130 valence electrons. The second-order valence-corrected chi connectivity index (χ2v) is 6.36. The smallest absolute Gasteiger partial charge is 0.263 e. The molecule has 1 aromatic carbocycles. The van der Waals surface area contributed by atoms with E-state index in [-0.39, 0.29) is 29.6 Å². The molecule has 2 amide bonds. The zero-order chi connectivity index (χ0) is 17.9. The Labute approximate surface area is 142 Å². The van der Waals surface area contributed by atoms with Gasteiger partial charge >= 0.3 is 0 Å². The highest BCUT2D eigenvalue weighted by Crippen LogP contribution is 2.23. The van der Waals surface area contributed by atoms with Gasteiger partial charge in [-0.15, -0.1) is 0 Å². The van der Waals surface area contributed by atoms with Gasteiger partial charge in [-0.05, 0) is 45.7 Å². The van der Waals surface area contributed by atoms with Crippen LogP contribution in [-0.4, -0.2) is 41.2 Å². The SMILES string of the molecule is CC(=O)c1cccc(O[C@H](C)C(=O)N2C[C@@H](C(N)=O)CC[C@@H]2C)c1. The van der Waals surface area contributed by atoms with Gasteiger partial charge in [-0.25, -0.2) is 0 Å². The number of benzene rings is 1. The molecule has 1 aromatic rings. The Morgan fingerprint density at radius 2 is 2.00 bits per heavy atom. The molecular weight excluding hydrogens is 308 g/mol. The van der Waals surface area contributed by atoms with Gasteiger partial charge in [0.05, 0.1) is 5.92 Å². The molecule has 24 heavy (non-hydrogen) atoms. The highest BCUT2D eigenvalue weighted by Gasteiger charge is 2.34. The lowest BCUT2D eigenvalue weighted by Crippen LogP contribution is -2.52. The summed E-state index contributed by atoms with van der Waals surface area (Å²) in [6.45, 7) is 5.44. The molecule has 1 saturated heterocycles. The minimum Gasteiger partial charge on any atom is -0.481 e. The van der Waals surface area contributed by atoms with Crippen LogP contribution in [0, 0.1) is 5.92 Å². The molecule has 6 nitrogen and oxygen atoms in total. The van der Waals surface area contributed by atoms with Crippen molar-refractivity contribution in [3.8, 4) is 5.75 Å². The molecule has 0 radical (unpaired) electrons. The fraction of sp³-hybridized carbons (Fsp3) is 0.500. The third kappa shape index (κ3) is 4.13. The molecule has 6 heteroatoms. The van der Waals surface area contributed by atoms with Crippen LogP contribution >= 0.6 is 0 Å². The second kappa shape index (κ2) is 7.47. The lowest BCUT2D eigenvalue weighted by atomic mass is 9.92. The fourth-order valence-corrected chi connectivity index (χ4v) is 2.92. The van der Waals surface area contributed by atoms with E-state index < -0.39 is 6.10 Å². The second-order valence-electron chi connectivity index (χ2n) is 6.36. The van der Waals surface area contributed by atoms with Gasteiger partial charge in [0.2, 0.25) is 5.91 Å². The maximum Gasteiger partial charge on any atom is 0.263 e. The molecular formula is C18H24N2O4. The quantitative estimate of drug-likeness (QED) is 0.832. The summed E-state index contributed by atoms with van der Waals surface area (Å²) in [6, 6.07) is 6.80. The van der Waals surface area contributed by atoms with Crippen molar-refractivity contribution >= 4 is 17.6 Å². The van der Waals surface area contributed by atoms with Gasteiger partial charge in [0, 0.05) is 18.2 Å². The zero-order valence-electron chi connectivity index (χ0n) is 14.3. The van der Waals surface area contributed by atoms with E-state index in [4.69, 9.17) is 10.5 Å². The molecule has 0 aromatic heterocycles. The number of piperidine rings is 1. The number of Topliss-reactive ketones (excluding diaryl/α,β-unsaturated/α-hetero) is 1. The Hall–Kier alpha value is -2.37. The van der Waals surface area contributed by atoms with Crippen molar-refractivity contribution in [1.29, 1.82) is 0 Å². The standard InChI is InChI=1S/C18H24N2O4/c1-11-7-8-15(17(19)22)10-20(11)18(23)13(3)24-16-6-4-5-14(9-16)12(2)21/h4-6,9,11,13,15H,7-8,10H2,1-3H3,(H2,19,22)/t11-,13+,15-/m0/s1. The monoisotopic (exact) mass is 332 g/mol. The van der Waals surface area contributed by atoms with Crippen molar-refractivity contribution in [2.45, 2.75) is 45.8 Å². The molecule has 2 rings (SSSR count). The molecule has 2 N–H and O–H groups in total. The summed E-state index contributed by atoms with van der Waals surface area (Å²) in [5.41, 5.74) is 5.91. The summed E-state index contributed by atoms with van der Waals surface area (Å²) < 4.78 is 5.70. The van der Waals surface area contributed by atoms with E-state index in [0.717, 1.165) is 6.42 Å². The summed E-state index contributed by atoms with van der Waals surface area (Å²) in [7, 11) is 0. The molecule has 1 aliphatic rings. The van der Waals surface area contributed by atoms with Crippen molar-refractivity contribution in [1.82, 2.24) is 4.90 Å². The van der Waals surface area contributed by atoms with Crippen LogP contribution in [0.5, 0.6) is 5.75 Å². The molecule has 1 fully saturated rings. The molecule has 0 bridgehead atoms. The molecule has 1 heterocycles. The van der Waals surface area contributed by atoms with Gasteiger partial charge in [-0.3, -0.25) is 14.4 Å². The van der Waals surface area contributed by atoms with E-state index in [1.807, 2.05) is 6.92 Å². The van der Waals surface area contributed by atoms with Crippen LogP contribution in [0.25, 0.3) is 0 Å². The topological polar surface area (TPSA) is 89.7 Å². The van der Waals surface area contributed by atoms with Crippen LogP contribution in [0.3, 0.4) is 0 Å². The van der Waals surface area contributed by atoms with E-state index in [1.54, 1.807) is 36.1 Å². The van der Waals surface area contributed by atoms with Crippen LogP contribution in [0.2, 0.25) is 0 Å². The van der Waals surface area contributed by atoms with Gasteiger partial charge in [0.25, 0.3) is 5.91 Å². The minimum atomic E-state index is -0.707. The van der Waals surface area contributed by atoms with E-state index in [0.29, 0.717) is 24.3 Å². The molecule has 0 unspecified atom stereocenters. The number of primary amides is 1. The normalized spacial score (nSPS) is 21.9. The summed E-state index contributed by atoms with van der Waals surface area (Å²) in [4.78, 5) is 37.2. The third-order valence-corrected chi connectivity index (χ3v) is 4.47. The number of nitrogens with zero attached hydrogens (tertiary/aromatic N) is 1. The number of likely N-dealkylation sites (tertiary alicyclic amines) is 1. The predicted octanol–water partition coefficient (Wildman–Crippen LogP) is 1.77. The maximum absolute atomic E-state index is 12.7. The van der Waals surface area contributed by atoms with Gasteiger partial charge in [-0.1, -0.05) is 12.1 Å². The van der Waals surface area contributed by atoms with Gasteiger partial charge in [0.15, 0.2) is 11.9 Å². The highest BCUT2D eigenvalue weighted by molar-refractivity contribution is 5.94. The lowest BCUT2D eigenvalue weighted by molar-refractivity contribution is -0.143. The molecule has 0 aliphatic carbocycles. The number of nitrogens with two attached hydrogens (primary N) is 1. The van der Waals surface area contributed by atoms with Crippen LogP contribution in [0.4, 0.5) is 0 Å². The van der Waals surface area contributed by atoms with Crippen molar-refractivity contribution in [3.05, 3.63) is 29.8 Å². The van der Waals surface area contributed by atoms with E-state index >= 15 is 0 Å². The fourth-order valence-electron chi connectivity index (χ4n) is 2.92. The van der Waals surface area contributed by atoms with Crippen molar-refractivity contribution in [2.24, 2.45) is 11.7 Å². The first-order valence-corrected chi connectivity index (χ1v) is 8.17. The van der Waals surface area contributed by atoms with Crippen LogP contribution in [-0.2, 0) is 9.59 Å². The summed E-state index contributed by atoms with van der Waals surface area (Å²) in [5, 5.41) is 0. The van der Waals surface area contributed by atoms with Crippen molar-refractivity contribution in [2.75, 3.05) is 6.54 Å². The largest absolute Gasteiger partial charge is 0.481 e. The van der Waals surface area contributed by atoms with E-state index in [9.17, 15) is 14.4 Å². The number of rotatable bonds is 5. The first-order valence-electron chi connectivity index (χ1n) is 8.17. The average Bonchev–Trinajstić information content (AvgIpc) is 2.54. The zero-order valence-corrected chi connectivity index (χ0v) is 14.3. The average molecular weight is 332 g/mol. The Kier molecular flexibility index (Phi) is 5.59. The number of hydrogen-bond acceptors (Lipinski definition) is 4. The first kappa shape index (κ1) is 18.0. The lowest BCUT2D eigenvalue weighted by Gasteiger charge is -2.38. The molecule has 1 aliphatic heterocycles. The summed E-state index contributed by atoms with van der Waals surface area (Å²) in [6.07, 6.45) is 0.739. The minimum absolute atomic E-state index is 0.0442. The number of amides is 2.